The predicted octanol–water partition coefficient (Wildman–Crippen LogP) is 8.61. The average Bonchev–Trinajstić information content (AvgIpc) is 3.26. The number of nitrogens with one attached hydrogen (secondary N) is 1. The number of carbonyl (C=O) groups excluding carboxylic acids is 1. The number of benzene rings is 4. The summed E-state index contributed by atoms with van der Waals surface area (Å²) >= 11 is 0. The van der Waals surface area contributed by atoms with Crippen molar-refractivity contribution in [3.63, 3.8) is 0 Å². The quantitative estimate of drug-likeness (QED) is 0.200. The standard InChI is InChI=1S/C34H29F3N2O4/c1-33(2,3)32(42)38-25-13-8-12-23(18-25)24-15-16-27-28(19-24)39(20-21-9-7-14-26(17-21)43-34(35,36)37)30(31(40)41)29(27)22-10-5-4-6-11-22/h4-19H,20H2,1-3H3,(H,38,42)(H,40,41). The van der Waals surface area contributed by atoms with E-state index in [9.17, 15) is 27.9 Å². The molecule has 5 aromatic rings. The molecule has 1 amide bonds. The van der Waals surface area contributed by atoms with Crippen LogP contribution in [0.15, 0.2) is 97.1 Å². The smallest absolute Gasteiger partial charge is 0.477 e. The second kappa shape index (κ2) is 11.3. The van der Waals surface area contributed by atoms with Crippen LogP contribution in [0.3, 0.4) is 0 Å². The highest BCUT2D eigenvalue weighted by atomic mass is 19.4. The largest absolute Gasteiger partial charge is 0.573 e. The highest BCUT2D eigenvalue weighted by Crippen LogP contribution is 2.38. The Morgan fingerprint density at radius 2 is 1.49 bits per heavy atom. The maximum absolute atomic E-state index is 12.9. The zero-order valence-corrected chi connectivity index (χ0v) is 23.7. The summed E-state index contributed by atoms with van der Waals surface area (Å²) in [4.78, 5) is 25.4. The van der Waals surface area contributed by atoms with Gasteiger partial charge in [0.15, 0.2) is 0 Å². The van der Waals surface area contributed by atoms with Crippen LogP contribution in [0.4, 0.5) is 18.9 Å². The second-order valence-corrected chi connectivity index (χ2v) is 11.2. The fourth-order valence-electron chi connectivity index (χ4n) is 4.93. The van der Waals surface area contributed by atoms with Crippen molar-refractivity contribution < 1.29 is 32.6 Å². The van der Waals surface area contributed by atoms with Gasteiger partial charge in [-0.2, -0.15) is 0 Å². The normalized spacial score (nSPS) is 11.9. The molecule has 0 unspecified atom stereocenters. The first-order valence-corrected chi connectivity index (χ1v) is 13.5. The van der Waals surface area contributed by atoms with Crippen LogP contribution in [-0.4, -0.2) is 27.9 Å². The summed E-state index contributed by atoms with van der Waals surface area (Å²) in [6.45, 7) is 5.45. The van der Waals surface area contributed by atoms with Crippen LogP contribution in [0.25, 0.3) is 33.2 Å². The van der Waals surface area contributed by atoms with Gasteiger partial charge in [0.05, 0.1) is 5.52 Å². The second-order valence-electron chi connectivity index (χ2n) is 11.2. The summed E-state index contributed by atoms with van der Waals surface area (Å²) in [5.74, 6) is -1.70. The van der Waals surface area contributed by atoms with Crippen LogP contribution in [0.2, 0.25) is 0 Å². The summed E-state index contributed by atoms with van der Waals surface area (Å²) in [5.41, 5.74) is 3.81. The van der Waals surface area contributed by atoms with E-state index in [-0.39, 0.29) is 18.1 Å². The summed E-state index contributed by atoms with van der Waals surface area (Å²) in [6, 6.07) is 27.5. The van der Waals surface area contributed by atoms with Crippen LogP contribution in [0, 0.1) is 5.41 Å². The van der Waals surface area contributed by atoms with Gasteiger partial charge in [0.25, 0.3) is 0 Å². The molecule has 0 fully saturated rings. The number of fused-ring (bicyclic) bond motifs is 1. The highest BCUT2D eigenvalue weighted by molar-refractivity contribution is 6.09. The van der Waals surface area contributed by atoms with Gasteiger partial charge >= 0.3 is 12.3 Å². The maximum atomic E-state index is 12.9. The van der Waals surface area contributed by atoms with Crippen molar-refractivity contribution in [3.05, 3.63) is 108 Å². The molecule has 1 heterocycles. The molecular weight excluding hydrogens is 557 g/mol. The molecule has 5 rings (SSSR count). The lowest BCUT2D eigenvalue weighted by Gasteiger charge is -2.18. The molecule has 0 saturated heterocycles. The number of halogens is 3. The molecule has 0 saturated carbocycles. The summed E-state index contributed by atoms with van der Waals surface area (Å²) in [5, 5.41) is 14.0. The summed E-state index contributed by atoms with van der Waals surface area (Å²) in [7, 11) is 0. The number of hydrogen-bond donors (Lipinski definition) is 2. The third kappa shape index (κ3) is 6.56. The number of nitrogens with zero attached hydrogens (tertiary/aromatic N) is 1. The Morgan fingerprint density at radius 3 is 2.16 bits per heavy atom. The van der Waals surface area contributed by atoms with Gasteiger partial charge in [-0.05, 0) is 52.6 Å². The minimum absolute atomic E-state index is 0.00619. The third-order valence-corrected chi connectivity index (χ3v) is 6.94. The highest BCUT2D eigenvalue weighted by Gasteiger charge is 2.31. The van der Waals surface area contributed by atoms with E-state index in [1.807, 2.05) is 87.5 Å². The lowest BCUT2D eigenvalue weighted by molar-refractivity contribution is -0.274. The van der Waals surface area contributed by atoms with Gasteiger partial charge in [-0.15, -0.1) is 13.2 Å². The molecule has 2 N–H and O–H groups in total. The molecule has 0 bridgehead atoms. The van der Waals surface area contributed by atoms with Crippen LogP contribution in [0.1, 0.15) is 36.8 Å². The number of carboxylic acids is 1. The lowest BCUT2D eigenvalue weighted by Crippen LogP contribution is -2.27. The lowest BCUT2D eigenvalue weighted by atomic mass is 9.95. The zero-order chi connectivity index (χ0) is 30.9. The van der Waals surface area contributed by atoms with Crippen LogP contribution in [0.5, 0.6) is 5.75 Å². The predicted molar refractivity (Wildman–Crippen MR) is 160 cm³/mol. The molecule has 1 aromatic heterocycles. The number of hydrogen-bond acceptors (Lipinski definition) is 3. The maximum Gasteiger partial charge on any atom is 0.573 e. The van der Waals surface area contributed by atoms with E-state index in [0.717, 1.165) is 11.1 Å². The van der Waals surface area contributed by atoms with Crippen LogP contribution in [-0.2, 0) is 11.3 Å². The Balaban J connectivity index is 1.67. The van der Waals surface area contributed by atoms with Crippen LogP contribution < -0.4 is 10.1 Å². The topological polar surface area (TPSA) is 80.6 Å². The minimum Gasteiger partial charge on any atom is -0.477 e. The first-order chi connectivity index (χ1) is 20.3. The number of aromatic nitrogens is 1. The van der Waals surface area contributed by atoms with Crippen molar-refractivity contribution in [2.45, 2.75) is 33.7 Å². The summed E-state index contributed by atoms with van der Waals surface area (Å²) < 4.78 is 44.4. The van der Waals surface area contributed by atoms with Crippen molar-refractivity contribution in [1.82, 2.24) is 4.57 Å². The van der Waals surface area contributed by atoms with Crippen molar-refractivity contribution in [2.75, 3.05) is 5.32 Å². The molecule has 43 heavy (non-hydrogen) atoms. The van der Waals surface area contributed by atoms with Crippen molar-refractivity contribution >= 4 is 28.5 Å². The number of carbonyl (C=O) groups is 2. The molecule has 0 aliphatic heterocycles. The Bertz CT molecular complexity index is 1820. The molecule has 9 heteroatoms. The van der Waals surface area contributed by atoms with Gasteiger partial charge < -0.3 is 19.7 Å². The summed E-state index contributed by atoms with van der Waals surface area (Å²) in [6.07, 6.45) is -4.86. The molecule has 0 spiro atoms. The van der Waals surface area contributed by atoms with Gasteiger partial charge in [0, 0.05) is 28.6 Å². The molecular formula is C34H29F3N2O4. The molecule has 0 radical (unpaired) electrons. The Hall–Kier alpha value is -5.05. The number of ether oxygens (including phenoxy) is 1. The van der Waals surface area contributed by atoms with Crippen molar-refractivity contribution in [2.24, 2.45) is 5.41 Å². The van der Waals surface area contributed by atoms with Gasteiger partial charge in [-0.25, -0.2) is 4.79 Å². The fourth-order valence-corrected chi connectivity index (χ4v) is 4.93. The van der Waals surface area contributed by atoms with Crippen molar-refractivity contribution in [1.29, 1.82) is 0 Å². The SMILES string of the molecule is CC(C)(C)C(=O)Nc1cccc(-c2ccc3c(-c4ccccc4)c(C(=O)O)n(Cc4cccc(OC(F)(F)F)c4)c3c2)c1. The van der Waals surface area contributed by atoms with E-state index in [1.54, 1.807) is 16.7 Å². The first-order valence-electron chi connectivity index (χ1n) is 13.5. The number of anilines is 1. The molecule has 6 nitrogen and oxygen atoms in total. The molecule has 0 aliphatic rings. The molecule has 4 aromatic carbocycles. The van der Waals surface area contributed by atoms with E-state index >= 15 is 0 Å². The number of amides is 1. The van der Waals surface area contributed by atoms with E-state index in [4.69, 9.17) is 0 Å². The Kier molecular flexibility index (Phi) is 7.75. The molecule has 0 aliphatic carbocycles. The number of rotatable bonds is 7. The van der Waals surface area contributed by atoms with E-state index in [2.05, 4.69) is 10.1 Å². The van der Waals surface area contributed by atoms with Gasteiger partial charge in [0.1, 0.15) is 11.4 Å². The van der Waals surface area contributed by atoms with Crippen LogP contribution >= 0.6 is 0 Å². The Labute approximate surface area is 246 Å². The van der Waals surface area contributed by atoms with E-state index < -0.39 is 23.5 Å². The minimum atomic E-state index is -4.86. The third-order valence-electron chi connectivity index (χ3n) is 6.94. The number of aromatic carboxylic acids is 1. The fraction of sp³-hybridized carbons (Fsp3) is 0.176. The van der Waals surface area contributed by atoms with E-state index in [0.29, 0.717) is 33.3 Å². The Morgan fingerprint density at radius 1 is 0.814 bits per heavy atom. The average molecular weight is 587 g/mol. The van der Waals surface area contributed by atoms with Gasteiger partial charge in [-0.3, -0.25) is 4.79 Å². The van der Waals surface area contributed by atoms with Gasteiger partial charge in [-0.1, -0.05) is 87.5 Å². The molecule has 220 valence electrons. The number of alkyl halides is 3. The van der Waals surface area contributed by atoms with E-state index in [1.165, 1.54) is 18.2 Å². The van der Waals surface area contributed by atoms with Gasteiger partial charge in [0.2, 0.25) is 5.91 Å². The molecule has 0 atom stereocenters. The number of carboxylic acid groups (broad SMARTS) is 1. The first kappa shape index (κ1) is 29.4. The van der Waals surface area contributed by atoms with Crippen molar-refractivity contribution in [3.8, 4) is 28.0 Å². The zero-order valence-electron chi connectivity index (χ0n) is 23.7. The monoisotopic (exact) mass is 586 g/mol.